The van der Waals surface area contributed by atoms with Gasteiger partial charge >= 0.3 is 0 Å². The molecule has 1 aromatic rings. The summed E-state index contributed by atoms with van der Waals surface area (Å²) < 4.78 is 7.45. The van der Waals surface area contributed by atoms with Crippen LogP contribution in [-0.2, 0) is 16.1 Å². The summed E-state index contributed by atoms with van der Waals surface area (Å²) in [5, 5.41) is 12.7. The summed E-state index contributed by atoms with van der Waals surface area (Å²) in [5.74, 6) is 1.39. The highest BCUT2D eigenvalue weighted by Crippen LogP contribution is 2.35. The maximum absolute atomic E-state index is 12.8. The Bertz CT molecular complexity index is 587. The van der Waals surface area contributed by atoms with E-state index in [1.165, 1.54) is 43.9 Å². The molecule has 3 heterocycles. The fourth-order valence-corrected chi connectivity index (χ4v) is 5.31. The van der Waals surface area contributed by atoms with E-state index in [9.17, 15) is 4.79 Å². The van der Waals surface area contributed by atoms with E-state index in [4.69, 9.17) is 4.74 Å². The maximum Gasteiger partial charge on any atom is 0.233 e. The molecule has 2 saturated heterocycles. The van der Waals surface area contributed by atoms with Crippen molar-refractivity contribution >= 4 is 17.7 Å². The molecule has 0 bridgehead atoms. The van der Waals surface area contributed by atoms with Gasteiger partial charge in [0.25, 0.3) is 0 Å². The Morgan fingerprint density at radius 3 is 2.92 bits per heavy atom. The first-order valence-electron chi connectivity index (χ1n) is 9.61. The average molecular weight is 366 g/mol. The van der Waals surface area contributed by atoms with Crippen molar-refractivity contribution in [2.45, 2.75) is 75.2 Å². The molecule has 0 aromatic carbocycles. The van der Waals surface area contributed by atoms with E-state index in [2.05, 4.69) is 20.4 Å². The molecule has 7 nitrogen and oxygen atoms in total. The number of nitrogens with zero attached hydrogens (tertiary/aromatic N) is 5. The second-order valence-corrected chi connectivity index (χ2v) is 8.35. The number of carbonyl (C=O) groups is 1. The minimum atomic E-state index is 0.198. The molecule has 3 aliphatic rings. The Labute approximate surface area is 152 Å². The number of amides is 1. The van der Waals surface area contributed by atoms with Gasteiger partial charge in [0.1, 0.15) is 0 Å². The molecule has 3 unspecified atom stereocenters. The lowest BCUT2D eigenvalue weighted by molar-refractivity contribution is -0.134. The lowest BCUT2D eigenvalue weighted by Crippen LogP contribution is -2.50. The summed E-state index contributed by atoms with van der Waals surface area (Å²) in [7, 11) is 0. The molecule has 25 heavy (non-hydrogen) atoms. The van der Waals surface area contributed by atoms with Gasteiger partial charge in [-0.15, -0.1) is 5.10 Å². The van der Waals surface area contributed by atoms with Crippen LogP contribution in [0.2, 0.25) is 0 Å². The highest BCUT2D eigenvalue weighted by molar-refractivity contribution is 7.99. The summed E-state index contributed by atoms with van der Waals surface area (Å²) in [6.45, 7) is 2.42. The van der Waals surface area contributed by atoms with Crippen LogP contribution in [0, 0.1) is 5.92 Å². The minimum Gasteiger partial charge on any atom is -0.376 e. The van der Waals surface area contributed by atoms with E-state index in [-0.39, 0.29) is 12.0 Å². The van der Waals surface area contributed by atoms with E-state index in [1.807, 2.05) is 0 Å². The molecule has 0 radical (unpaired) electrons. The number of carbonyl (C=O) groups excluding carboxylic acids is 1. The zero-order valence-electron chi connectivity index (χ0n) is 14.7. The molecule has 1 aliphatic carbocycles. The van der Waals surface area contributed by atoms with Crippen LogP contribution in [0.1, 0.15) is 51.4 Å². The van der Waals surface area contributed by atoms with Gasteiger partial charge in [-0.3, -0.25) is 4.79 Å². The summed E-state index contributed by atoms with van der Waals surface area (Å²) in [6, 6.07) is 0.471. The second kappa shape index (κ2) is 8.03. The van der Waals surface area contributed by atoms with Gasteiger partial charge in [-0.05, 0) is 54.9 Å². The number of aromatic nitrogens is 4. The summed E-state index contributed by atoms with van der Waals surface area (Å²) in [5.41, 5.74) is 0. The number of hydrogen-bond donors (Lipinski definition) is 0. The van der Waals surface area contributed by atoms with E-state index < -0.39 is 0 Å². The molecular weight excluding hydrogens is 338 g/mol. The van der Waals surface area contributed by atoms with E-state index in [0.29, 0.717) is 18.3 Å². The number of rotatable bonds is 5. The van der Waals surface area contributed by atoms with Crippen molar-refractivity contribution in [3.8, 4) is 0 Å². The number of tetrazole rings is 1. The minimum absolute atomic E-state index is 0.198. The lowest BCUT2D eigenvalue weighted by atomic mass is 9.78. The van der Waals surface area contributed by atoms with Gasteiger partial charge in [-0.1, -0.05) is 24.6 Å². The number of piperidine rings is 1. The van der Waals surface area contributed by atoms with Crippen molar-refractivity contribution in [2.75, 3.05) is 18.9 Å². The van der Waals surface area contributed by atoms with Crippen molar-refractivity contribution in [3.63, 3.8) is 0 Å². The van der Waals surface area contributed by atoms with Crippen LogP contribution in [0.15, 0.2) is 5.16 Å². The summed E-state index contributed by atoms with van der Waals surface area (Å²) in [6.07, 6.45) is 9.86. The standard InChI is InChI=1S/C17H27N5O2S/c23-16(21-9-3-6-13-5-1-2-8-15(13)21)12-25-17-18-19-20-22(17)11-14-7-4-10-24-14/h13-15H,1-12H2. The predicted molar refractivity (Wildman–Crippen MR) is 94.2 cm³/mol. The smallest absolute Gasteiger partial charge is 0.233 e. The van der Waals surface area contributed by atoms with E-state index >= 15 is 0 Å². The van der Waals surface area contributed by atoms with Crippen LogP contribution < -0.4 is 0 Å². The molecule has 0 N–H and O–H groups in total. The van der Waals surface area contributed by atoms with Crippen molar-refractivity contribution in [1.82, 2.24) is 25.1 Å². The van der Waals surface area contributed by atoms with Gasteiger partial charge < -0.3 is 9.64 Å². The number of thioether (sulfide) groups is 1. The second-order valence-electron chi connectivity index (χ2n) is 7.41. The van der Waals surface area contributed by atoms with Crippen molar-refractivity contribution in [2.24, 2.45) is 5.92 Å². The molecule has 1 aromatic heterocycles. The third-order valence-corrected chi connectivity index (χ3v) is 6.73. The number of fused-ring (bicyclic) bond motifs is 1. The predicted octanol–water partition coefficient (Wildman–Crippen LogP) is 2.13. The number of hydrogen-bond acceptors (Lipinski definition) is 6. The van der Waals surface area contributed by atoms with Gasteiger partial charge in [0, 0.05) is 19.2 Å². The molecular formula is C17H27N5O2S. The molecule has 3 fully saturated rings. The summed E-state index contributed by atoms with van der Waals surface area (Å²) in [4.78, 5) is 15.0. The molecule has 0 spiro atoms. The molecule has 2 aliphatic heterocycles. The first-order valence-corrected chi connectivity index (χ1v) is 10.6. The van der Waals surface area contributed by atoms with Crippen LogP contribution in [0.5, 0.6) is 0 Å². The summed E-state index contributed by atoms with van der Waals surface area (Å²) >= 11 is 1.46. The molecule has 1 amide bonds. The zero-order chi connectivity index (χ0) is 17.1. The fraction of sp³-hybridized carbons (Fsp3) is 0.882. The molecule has 3 atom stereocenters. The van der Waals surface area contributed by atoms with Crippen molar-refractivity contribution in [3.05, 3.63) is 0 Å². The van der Waals surface area contributed by atoms with Gasteiger partial charge in [0.05, 0.1) is 18.4 Å². The molecule has 1 saturated carbocycles. The largest absolute Gasteiger partial charge is 0.376 e. The third-order valence-electron chi connectivity index (χ3n) is 5.79. The Balaban J connectivity index is 1.33. The van der Waals surface area contributed by atoms with E-state index in [1.54, 1.807) is 4.68 Å². The average Bonchev–Trinajstić information content (AvgIpc) is 3.31. The number of ether oxygens (including phenoxy) is 1. The molecule has 4 rings (SSSR count). The van der Waals surface area contributed by atoms with Gasteiger partial charge in [0.15, 0.2) is 0 Å². The Morgan fingerprint density at radius 1 is 1.16 bits per heavy atom. The van der Waals surface area contributed by atoms with Crippen LogP contribution in [0.25, 0.3) is 0 Å². The Kier molecular flexibility index (Phi) is 5.55. The first-order chi connectivity index (χ1) is 12.3. The van der Waals surface area contributed by atoms with Gasteiger partial charge in [-0.2, -0.15) is 0 Å². The zero-order valence-corrected chi connectivity index (χ0v) is 15.5. The quantitative estimate of drug-likeness (QED) is 0.744. The van der Waals surface area contributed by atoms with Crippen molar-refractivity contribution in [1.29, 1.82) is 0 Å². The Morgan fingerprint density at radius 2 is 2.04 bits per heavy atom. The number of likely N-dealkylation sites (tertiary alicyclic amines) is 1. The highest BCUT2D eigenvalue weighted by atomic mass is 32.2. The highest BCUT2D eigenvalue weighted by Gasteiger charge is 2.35. The monoisotopic (exact) mass is 365 g/mol. The lowest BCUT2D eigenvalue weighted by Gasteiger charge is -2.44. The normalized spacial score (nSPS) is 29.6. The van der Waals surface area contributed by atoms with Crippen LogP contribution in [0.3, 0.4) is 0 Å². The van der Waals surface area contributed by atoms with E-state index in [0.717, 1.165) is 43.5 Å². The Hall–Kier alpha value is -1.15. The molecule has 8 heteroatoms. The molecule has 138 valence electrons. The SMILES string of the molecule is O=C(CSc1nnnn1CC1CCCO1)N1CCCC2CCCCC21. The van der Waals surface area contributed by atoms with Crippen LogP contribution >= 0.6 is 11.8 Å². The van der Waals surface area contributed by atoms with Crippen molar-refractivity contribution < 1.29 is 9.53 Å². The first kappa shape index (κ1) is 17.3. The van der Waals surface area contributed by atoms with Crippen LogP contribution in [0.4, 0.5) is 0 Å². The van der Waals surface area contributed by atoms with Gasteiger partial charge in [-0.25, -0.2) is 4.68 Å². The maximum atomic E-state index is 12.8. The van der Waals surface area contributed by atoms with Crippen LogP contribution in [-0.4, -0.2) is 62.1 Å². The van der Waals surface area contributed by atoms with Gasteiger partial charge in [0.2, 0.25) is 11.1 Å². The third kappa shape index (κ3) is 4.00. The topological polar surface area (TPSA) is 73.1 Å². The fourth-order valence-electron chi connectivity index (χ4n) is 4.54.